The van der Waals surface area contributed by atoms with Gasteiger partial charge in [0.1, 0.15) is 10.8 Å². The first kappa shape index (κ1) is 16.3. The maximum Gasteiger partial charge on any atom is 0.123 e. The van der Waals surface area contributed by atoms with Crippen molar-refractivity contribution in [3.05, 3.63) is 84.8 Å². The van der Waals surface area contributed by atoms with Crippen LogP contribution < -0.4 is 0 Å². The van der Waals surface area contributed by atoms with Crippen molar-refractivity contribution < 1.29 is 4.39 Å². The Hall–Kier alpha value is -3.50. The molecule has 4 heteroatoms. The average Bonchev–Trinajstić information content (AvgIpc) is 2.78. The number of fused-ring (bicyclic) bond motifs is 7. The van der Waals surface area contributed by atoms with Crippen LogP contribution in [0, 0.1) is 5.82 Å². The molecule has 0 fully saturated rings. The fourth-order valence-electron chi connectivity index (χ4n) is 4.58. The molecule has 7 rings (SSSR count). The SMILES string of the molecule is Fc1ccc2ccc3c4ccnc5c4c(cc3c2c1)Sc1nc2ccccc2cc1-5. The van der Waals surface area contributed by atoms with Crippen LogP contribution in [0.25, 0.3) is 54.5 Å². The Morgan fingerprint density at radius 1 is 0.733 bits per heavy atom. The highest BCUT2D eigenvalue weighted by atomic mass is 32.2. The van der Waals surface area contributed by atoms with E-state index in [1.165, 1.54) is 6.07 Å². The van der Waals surface area contributed by atoms with Crippen molar-refractivity contribution in [2.75, 3.05) is 0 Å². The summed E-state index contributed by atoms with van der Waals surface area (Å²) in [7, 11) is 0. The molecular formula is C26H13FN2S. The highest BCUT2D eigenvalue weighted by molar-refractivity contribution is 7.99. The van der Waals surface area contributed by atoms with E-state index in [9.17, 15) is 4.39 Å². The molecule has 1 aliphatic rings. The number of pyridine rings is 2. The summed E-state index contributed by atoms with van der Waals surface area (Å²) in [6, 6.07) is 23.8. The van der Waals surface area contributed by atoms with Gasteiger partial charge in [0.15, 0.2) is 0 Å². The van der Waals surface area contributed by atoms with Gasteiger partial charge in [-0.15, -0.1) is 0 Å². The van der Waals surface area contributed by atoms with Crippen molar-refractivity contribution in [3.63, 3.8) is 0 Å². The minimum absolute atomic E-state index is 0.217. The zero-order valence-electron chi connectivity index (χ0n) is 15.7. The molecule has 0 amide bonds. The Labute approximate surface area is 175 Å². The Morgan fingerprint density at radius 2 is 1.63 bits per heavy atom. The van der Waals surface area contributed by atoms with E-state index in [4.69, 9.17) is 9.97 Å². The maximum atomic E-state index is 14.1. The molecule has 0 aliphatic carbocycles. The topological polar surface area (TPSA) is 25.8 Å². The molecular weight excluding hydrogens is 391 g/mol. The molecule has 0 saturated carbocycles. The minimum Gasteiger partial charge on any atom is -0.255 e. The van der Waals surface area contributed by atoms with Crippen molar-refractivity contribution in [2.24, 2.45) is 0 Å². The Balaban J connectivity index is 1.65. The molecule has 140 valence electrons. The van der Waals surface area contributed by atoms with Crippen LogP contribution in [0.15, 0.2) is 88.9 Å². The van der Waals surface area contributed by atoms with Gasteiger partial charge in [-0.25, -0.2) is 9.37 Å². The summed E-state index contributed by atoms with van der Waals surface area (Å²) in [5, 5.41) is 8.52. The third-order valence-electron chi connectivity index (χ3n) is 5.94. The van der Waals surface area contributed by atoms with E-state index in [1.807, 2.05) is 30.5 Å². The quantitative estimate of drug-likeness (QED) is 0.247. The lowest BCUT2D eigenvalue weighted by Gasteiger charge is -2.21. The molecule has 0 bridgehead atoms. The van der Waals surface area contributed by atoms with Crippen molar-refractivity contribution in [1.29, 1.82) is 0 Å². The van der Waals surface area contributed by atoms with E-state index in [1.54, 1.807) is 17.8 Å². The van der Waals surface area contributed by atoms with E-state index >= 15 is 0 Å². The lowest BCUT2D eigenvalue weighted by molar-refractivity contribution is 0.630. The molecule has 2 nitrogen and oxygen atoms in total. The van der Waals surface area contributed by atoms with Gasteiger partial charge in [-0.1, -0.05) is 48.2 Å². The predicted octanol–water partition coefficient (Wildman–Crippen LogP) is 7.36. The second-order valence-electron chi connectivity index (χ2n) is 7.62. The van der Waals surface area contributed by atoms with Crippen LogP contribution in [0.1, 0.15) is 0 Å². The highest BCUT2D eigenvalue weighted by Crippen LogP contribution is 2.49. The first-order valence-electron chi connectivity index (χ1n) is 9.78. The summed E-state index contributed by atoms with van der Waals surface area (Å²) in [6.45, 7) is 0. The second kappa shape index (κ2) is 5.77. The normalized spacial score (nSPS) is 12.7. The van der Waals surface area contributed by atoms with Crippen LogP contribution in [0.2, 0.25) is 0 Å². The highest BCUT2D eigenvalue weighted by Gasteiger charge is 2.23. The standard InChI is InChI=1S/C26H13FN2S/c27-16-7-5-14-6-8-17-18-9-10-28-25-21-11-15-3-1-2-4-22(15)29-26(21)30-23(24(18)25)13-20(17)19(14)12-16/h1-13H. The average molecular weight is 404 g/mol. The number of aromatic nitrogens is 2. The predicted molar refractivity (Wildman–Crippen MR) is 122 cm³/mol. The van der Waals surface area contributed by atoms with Gasteiger partial charge in [0, 0.05) is 27.4 Å². The third-order valence-corrected chi connectivity index (χ3v) is 6.99. The van der Waals surface area contributed by atoms with Crippen LogP contribution in [0.4, 0.5) is 4.39 Å². The number of hydrogen-bond donors (Lipinski definition) is 0. The molecule has 0 unspecified atom stereocenters. The number of benzene rings is 4. The minimum atomic E-state index is -0.217. The second-order valence-corrected chi connectivity index (χ2v) is 8.65. The smallest absolute Gasteiger partial charge is 0.123 e. The largest absolute Gasteiger partial charge is 0.255 e. The summed E-state index contributed by atoms with van der Waals surface area (Å²) in [5.74, 6) is -0.217. The first-order chi connectivity index (χ1) is 14.8. The molecule has 0 spiro atoms. The first-order valence-corrected chi connectivity index (χ1v) is 10.6. The van der Waals surface area contributed by atoms with E-state index in [0.29, 0.717) is 0 Å². The molecule has 0 atom stereocenters. The van der Waals surface area contributed by atoms with Crippen LogP contribution in [-0.4, -0.2) is 9.97 Å². The summed E-state index contributed by atoms with van der Waals surface area (Å²) >= 11 is 1.67. The molecule has 2 aromatic heterocycles. The van der Waals surface area contributed by atoms with E-state index < -0.39 is 0 Å². The van der Waals surface area contributed by atoms with Gasteiger partial charge < -0.3 is 0 Å². The molecule has 0 N–H and O–H groups in total. The van der Waals surface area contributed by atoms with Crippen LogP contribution >= 0.6 is 11.8 Å². The number of nitrogens with zero attached hydrogens (tertiary/aromatic N) is 2. The van der Waals surface area contributed by atoms with Gasteiger partial charge in [0.25, 0.3) is 0 Å². The van der Waals surface area contributed by atoms with E-state index in [-0.39, 0.29) is 5.82 Å². The van der Waals surface area contributed by atoms with Crippen LogP contribution in [0.3, 0.4) is 0 Å². The Kier molecular flexibility index (Phi) is 3.14. The van der Waals surface area contributed by atoms with Gasteiger partial charge in [-0.2, -0.15) is 0 Å². The summed E-state index contributed by atoms with van der Waals surface area (Å²) in [4.78, 5) is 10.8. The van der Waals surface area contributed by atoms with E-state index in [2.05, 4.69) is 36.4 Å². The fraction of sp³-hybridized carbons (Fsp3) is 0. The number of rotatable bonds is 0. The fourth-order valence-corrected chi connectivity index (χ4v) is 5.68. The van der Waals surface area contributed by atoms with Crippen molar-refractivity contribution in [2.45, 2.75) is 9.92 Å². The summed E-state index contributed by atoms with van der Waals surface area (Å²) in [6.07, 6.45) is 1.87. The van der Waals surface area contributed by atoms with Gasteiger partial charge >= 0.3 is 0 Å². The lowest BCUT2D eigenvalue weighted by atomic mass is 9.95. The summed E-state index contributed by atoms with van der Waals surface area (Å²) in [5.41, 5.74) is 3.02. The molecule has 4 aromatic carbocycles. The zero-order valence-corrected chi connectivity index (χ0v) is 16.5. The molecule has 1 aliphatic heterocycles. The Bertz CT molecular complexity index is 1690. The zero-order chi connectivity index (χ0) is 19.8. The molecule has 0 radical (unpaired) electrons. The van der Waals surface area contributed by atoms with Gasteiger partial charge in [-0.3, -0.25) is 4.98 Å². The lowest BCUT2D eigenvalue weighted by Crippen LogP contribution is -1.99. The Morgan fingerprint density at radius 3 is 2.60 bits per heavy atom. The maximum absolute atomic E-state index is 14.1. The number of hydrogen-bond acceptors (Lipinski definition) is 3. The number of para-hydroxylation sites is 1. The van der Waals surface area contributed by atoms with Gasteiger partial charge in [0.05, 0.1) is 11.2 Å². The summed E-state index contributed by atoms with van der Waals surface area (Å²) < 4.78 is 14.1. The van der Waals surface area contributed by atoms with Crippen molar-refractivity contribution >= 4 is 55.0 Å². The molecule has 6 aromatic rings. The van der Waals surface area contributed by atoms with Gasteiger partial charge in [0.2, 0.25) is 0 Å². The van der Waals surface area contributed by atoms with Crippen molar-refractivity contribution in [1.82, 2.24) is 9.97 Å². The van der Waals surface area contributed by atoms with Gasteiger partial charge in [-0.05, 0) is 63.3 Å². The monoisotopic (exact) mass is 404 g/mol. The van der Waals surface area contributed by atoms with Crippen LogP contribution in [0.5, 0.6) is 0 Å². The molecule has 30 heavy (non-hydrogen) atoms. The third kappa shape index (κ3) is 2.14. The van der Waals surface area contributed by atoms with Crippen molar-refractivity contribution in [3.8, 4) is 11.3 Å². The molecule has 0 saturated heterocycles. The van der Waals surface area contributed by atoms with E-state index in [0.717, 1.165) is 64.4 Å². The number of halogens is 1. The molecule has 3 heterocycles. The van der Waals surface area contributed by atoms with Crippen LogP contribution in [-0.2, 0) is 0 Å².